The Morgan fingerprint density at radius 2 is 2.00 bits per heavy atom. The van der Waals surface area contributed by atoms with Crippen molar-refractivity contribution in [3.63, 3.8) is 0 Å². The predicted molar refractivity (Wildman–Crippen MR) is 23.0 cm³/mol. The number of ether oxygens (including phenoxy) is 1. The molecule has 0 aromatic carbocycles. The van der Waals surface area contributed by atoms with E-state index in [-0.39, 0.29) is 37.7 Å². The maximum Gasteiger partial charge on any atom is 2.00 e. The van der Waals surface area contributed by atoms with E-state index in [4.69, 9.17) is 0 Å². The molecular formula is C3H6CaO+2. The monoisotopic (exact) mass is 98.0 g/mol. The van der Waals surface area contributed by atoms with Crippen LogP contribution in [0.15, 0.2) is 12.8 Å². The second kappa shape index (κ2) is 8.84. The van der Waals surface area contributed by atoms with Crippen molar-refractivity contribution >= 4 is 37.7 Å². The molecule has 0 bridgehead atoms. The molecule has 0 N–H and O–H groups in total. The smallest absolute Gasteiger partial charge is 0.505 e. The molecule has 0 unspecified atom stereocenters. The number of hydrogen-bond donors (Lipinski definition) is 0. The summed E-state index contributed by atoms with van der Waals surface area (Å²) in [7, 11) is 1.56. The second-order valence-electron chi connectivity index (χ2n) is 0.402. The van der Waals surface area contributed by atoms with Crippen molar-refractivity contribution < 1.29 is 4.74 Å². The summed E-state index contributed by atoms with van der Waals surface area (Å²) in [6, 6.07) is 0. The van der Waals surface area contributed by atoms with Gasteiger partial charge in [0, 0.05) is 0 Å². The molecule has 0 saturated heterocycles. The molecule has 0 aliphatic rings. The Morgan fingerprint density at radius 1 is 1.80 bits per heavy atom. The van der Waals surface area contributed by atoms with Crippen molar-refractivity contribution in [3.05, 3.63) is 12.8 Å². The molecule has 0 aromatic heterocycles. The first kappa shape index (κ1) is 9.25. The van der Waals surface area contributed by atoms with Gasteiger partial charge in [-0.2, -0.15) is 0 Å². The summed E-state index contributed by atoms with van der Waals surface area (Å²) in [4.78, 5) is 0. The third-order valence-corrected chi connectivity index (χ3v) is 0.167. The van der Waals surface area contributed by atoms with Gasteiger partial charge in [-0.05, 0) is 0 Å². The summed E-state index contributed by atoms with van der Waals surface area (Å²) in [5, 5.41) is 0. The summed E-state index contributed by atoms with van der Waals surface area (Å²) in [6.45, 7) is 3.26. The van der Waals surface area contributed by atoms with Crippen molar-refractivity contribution in [2.75, 3.05) is 7.11 Å². The van der Waals surface area contributed by atoms with Crippen LogP contribution in [0.1, 0.15) is 0 Å². The first-order valence-corrected chi connectivity index (χ1v) is 1.05. The molecule has 1 nitrogen and oxygen atoms in total. The van der Waals surface area contributed by atoms with Gasteiger partial charge < -0.3 is 4.74 Å². The maximum atomic E-state index is 4.31. The largest absolute Gasteiger partial charge is 2.00 e. The van der Waals surface area contributed by atoms with Gasteiger partial charge in [0.25, 0.3) is 0 Å². The van der Waals surface area contributed by atoms with Gasteiger partial charge in [0.15, 0.2) is 0 Å². The normalized spacial score (nSPS) is 4.20. The zero-order chi connectivity index (χ0) is 3.41. The van der Waals surface area contributed by atoms with Crippen LogP contribution in [0.3, 0.4) is 0 Å². The summed E-state index contributed by atoms with van der Waals surface area (Å²) < 4.78 is 4.31. The van der Waals surface area contributed by atoms with E-state index >= 15 is 0 Å². The topological polar surface area (TPSA) is 9.23 Å². The fourth-order valence-corrected chi connectivity index (χ4v) is 0. The molecular weight excluding hydrogens is 92.1 g/mol. The van der Waals surface area contributed by atoms with Crippen LogP contribution in [-0.4, -0.2) is 44.8 Å². The maximum absolute atomic E-state index is 4.31. The Bertz CT molecular complexity index is 20.9. The SMILES string of the molecule is C=COC.[Ca+2]. The summed E-state index contributed by atoms with van der Waals surface area (Å²) in [6.07, 6.45) is 1.38. The molecule has 0 aromatic rings. The quantitative estimate of drug-likeness (QED) is 0.340. The minimum Gasteiger partial charge on any atom is -0.505 e. The first-order valence-electron chi connectivity index (χ1n) is 1.05. The van der Waals surface area contributed by atoms with Crippen LogP contribution in [0.25, 0.3) is 0 Å². The van der Waals surface area contributed by atoms with Crippen molar-refractivity contribution in [3.8, 4) is 0 Å². The molecule has 0 atom stereocenters. The van der Waals surface area contributed by atoms with Crippen LogP contribution in [0.2, 0.25) is 0 Å². The van der Waals surface area contributed by atoms with Crippen molar-refractivity contribution in [2.45, 2.75) is 0 Å². The average molecular weight is 98.2 g/mol. The Labute approximate surface area is 62.0 Å². The van der Waals surface area contributed by atoms with E-state index in [9.17, 15) is 0 Å². The van der Waals surface area contributed by atoms with E-state index < -0.39 is 0 Å². The minimum absolute atomic E-state index is 0. The van der Waals surface area contributed by atoms with Crippen LogP contribution >= 0.6 is 0 Å². The van der Waals surface area contributed by atoms with E-state index in [0.29, 0.717) is 0 Å². The molecule has 0 rings (SSSR count). The molecule has 0 amide bonds. The van der Waals surface area contributed by atoms with Gasteiger partial charge in [-0.15, -0.1) is 0 Å². The van der Waals surface area contributed by atoms with Crippen LogP contribution in [-0.2, 0) is 4.74 Å². The molecule has 0 aliphatic heterocycles. The predicted octanol–water partition coefficient (Wildman–Crippen LogP) is 0.395. The molecule has 24 valence electrons. The fraction of sp³-hybridized carbons (Fsp3) is 0.333. The summed E-state index contributed by atoms with van der Waals surface area (Å²) in [5.41, 5.74) is 0. The number of rotatable bonds is 1. The van der Waals surface area contributed by atoms with E-state index in [0.717, 1.165) is 0 Å². The summed E-state index contributed by atoms with van der Waals surface area (Å²) in [5.74, 6) is 0. The van der Waals surface area contributed by atoms with Gasteiger partial charge in [-0.1, -0.05) is 6.58 Å². The minimum atomic E-state index is 0. The molecule has 0 fully saturated rings. The van der Waals surface area contributed by atoms with Gasteiger partial charge in [0.2, 0.25) is 0 Å². The first-order chi connectivity index (χ1) is 1.91. The van der Waals surface area contributed by atoms with Crippen LogP contribution in [0.5, 0.6) is 0 Å². The Hall–Kier alpha value is 0.800. The third-order valence-electron chi connectivity index (χ3n) is 0.167. The van der Waals surface area contributed by atoms with E-state index in [2.05, 4.69) is 11.3 Å². The van der Waals surface area contributed by atoms with Crippen LogP contribution in [0.4, 0.5) is 0 Å². The van der Waals surface area contributed by atoms with Gasteiger partial charge in [0.05, 0.1) is 13.4 Å². The molecule has 0 radical (unpaired) electrons. The average Bonchev–Trinajstić information content (AvgIpc) is 1.37. The van der Waals surface area contributed by atoms with E-state index in [1.165, 1.54) is 6.26 Å². The fourth-order valence-electron chi connectivity index (χ4n) is 0. The molecule has 0 aliphatic carbocycles. The zero-order valence-corrected chi connectivity index (χ0v) is 5.61. The van der Waals surface area contributed by atoms with Gasteiger partial charge in [-0.25, -0.2) is 0 Å². The van der Waals surface area contributed by atoms with Crippen LogP contribution in [0, 0.1) is 0 Å². The molecule has 2 heteroatoms. The van der Waals surface area contributed by atoms with Crippen LogP contribution < -0.4 is 0 Å². The number of hydrogen-bond acceptors (Lipinski definition) is 1. The standard InChI is InChI=1S/C3H6O.Ca/c1-3-4-2;/h3H,1H2,2H3;/q;+2. The van der Waals surface area contributed by atoms with Crippen molar-refractivity contribution in [2.24, 2.45) is 0 Å². The Morgan fingerprint density at radius 3 is 2.00 bits per heavy atom. The molecule has 0 spiro atoms. The van der Waals surface area contributed by atoms with E-state index in [1.54, 1.807) is 7.11 Å². The third kappa shape index (κ3) is 11.6. The van der Waals surface area contributed by atoms with Gasteiger partial charge in [-0.3, -0.25) is 0 Å². The second-order valence-corrected chi connectivity index (χ2v) is 0.402. The zero-order valence-electron chi connectivity index (χ0n) is 3.40. The van der Waals surface area contributed by atoms with Gasteiger partial charge in [0.1, 0.15) is 0 Å². The van der Waals surface area contributed by atoms with Crippen molar-refractivity contribution in [1.82, 2.24) is 0 Å². The molecule has 0 heterocycles. The Kier molecular flexibility index (Phi) is 16.4. The summed E-state index contributed by atoms with van der Waals surface area (Å²) >= 11 is 0. The van der Waals surface area contributed by atoms with Crippen molar-refractivity contribution in [1.29, 1.82) is 0 Å². The molecule has 0 saturated carbocycles. The number of methoxy groups -OCH3 is 1. The van der Waals surface area contributed by atoms with Gasteiger partial charge >= 0.3 is 37.7 Å². The Balaban J connectivity index is 0. The van der Waals surface area contributed by atoms with E-state index in [1.807, 2.05) is 0 Å². The molecule has 5 heavy (non-hydrogen) atoms.